The van der Waals surface area contributed by atoms with E-state index in [4.69, 9.17) is 11.6 Å². The molecule has 1 aromatic heterocycles. The quantitative estimate of drug-likeness (QED) is 0.797. The Morgan fingerprint density at radius 2 is 2.00 bits per heavy atom. The number of carbonyl (C=O) groups is 1. The van der Waals surface area contributed by atoms with Crippen molar-refractivity contribution in [2.24, 2.45) is 0 Å². The summed E-state index contributed by atoms with van der Waals surface area (Å²) in [6.45, 7) is 0.487. The molecule has 1 amide bonds. The SMILES string of the molecule is CN1Cc2cnc(Cl)nc2N(C)C(Cc2ccccc2)C1=O. The first-order valence-electron chi connectivity index (χ1n) is 7.09. The molecule has 2 heterocycles. The number of fused-ring (bicyclic) bond motifs is 1. The third-order valence-electron chi connectivity index (χ3n) is 3.95. The molecule has 1 aliphatic rings. The van der Waals surface area contributed by atoms with Crippen LogP contribution in [0.3, 0.4) is 0 Å². The van der Waals surface area contributed by atoms with Gasteiger partial charge in [0.1, 0.15) is 11.9 Å². The van der Waals surface area contributed by atoms with Crippen molar-refractivity contribution in [1.29, 1.82) is 0 Å². The first-order chi connectivity index (χ1) is 10.6. The number of hydrogen-bond donors (Lipinski definition) is 0. The summed E-state index contributed by atoms with van der Waals surface area (Å²) in [6, 6.07) is 9.68. The number of hydrogen-bond acceptors (Lipinski definition) is 4. The second-order valence-electron chi connectivity index (χ2n) is 5.50. The van der Waals surface area contributed by atoms with Crippen LogP contribution in [0.2, 0.25) is 5.28 Å². The molecular formula is C16H17ClN4O. The maximum atomic E-state index is 12.7. The van der Waals surface area contributed by atoms with Crippen molar-refractivity contribution in [3.05, 3.63) is 52.9 Å². The zero-order chi connectivity index (χ0) is 15.7. The Balaban J connectivity index is 1.99. The molecule has 0 aliphatic carbocycles. The van der Waals surface area contributed by atoms with Gasteiger partial charge in [-0.2, -0.15) is 0 Å². The summed E-state index contributed by atoms with van der Waals surface area (Å²) in [5.41, 5.74) is 2.02. The van der Waals surface area contributed by atoms with Crippen LogP contribution in [0.25, 0.3) is 0 Å². The lowest BCUT2D eigenvalue weighted by Gasteiger charge is -2.28. The van der Waals surface area contributed by atoms with Gasteiger partial charge >= 0.3 is 0 Å². The third kappa shape index (κ3) is 2.76. The number of anilines is 1. The van der Waals surface area contributed by atoms with Gasteiger partial charge in [0, 0.05) is 32.3 Å². The fourth-order valence-electron chi connectivity index (χ4n) is 2.76. The zero-order valence-corrected chi connectivity index (χ0v) is 13.3. The number of amides is 1. The van der Waals surface area contributed by atoms with Crippen LogP contribution < -0.4 is 4.90 Å². The minimum atomic E-state index is -0.306. The molecule has 1 atom stereocenters. The van der Waals surface area contributed by atoms with Crippen LogP contribution in [0.1, 0.15) is 11.1 Å². The van der Waals surface area contributed by atoms with Crippen LogP contribution in [0.15, 0.2) is 36.5 Å². The Bertz CT molecular complexity index is 692. The van der Waals surface area contributed by atoms with Crippen LogP contribution in [0.5, 0.6) is 0 Å². The van der Waals surface area contributed by atoms with Gasteiger partial charge < -0.3 is 9.80 Å². The van der Waals surface area contributed by atoms with Crippen molar-refractivity contribution in [3.63, 3.8) is 0 Å². The Labute approximate surface area is 134 Å². The fraction of sp³-hybridized carbons (Fsp3) is 0.312. The summed E-state index contributed by atoms with van der Waals surface area (Å²) in [7, 11) is 3.69. The van der Waals surface area contributed by atoms with E-state index < -0.39 is 0 Å². The lowest BCUT2D eigenvalue weighted by molar-refractivity contribution is -0.131. The van der Waals surface area contributed by atoms with Crippen molar-refractivity contribution < 1.29 is 4.79 Å². The maximum absolute atomic E-state index is 12.7. The largest absolute Gasteiger partial charge is 0.347 e. The molecule has 0 spiro atoms. The molecule has 5 nitrogen and oxygen atoms in total. The van der Waals surface area contributed by atoms with Gasteiger partial charge in [-0.15, -0.1) is 0 Å². The van der Waals surface area contributed by atoms with E-state index in [-0.39, 0.29) is 17.2 Å². The lowest BCUT2D eigenvalue weighted by atomic mass is 10.0. The molecule has 1 unspecified atom stereocenters. The normalized spacial score (nSPS) is 18.1. The van der Waals surface area contributed by atoms with Gasteiger partial charge in [0.05, 0.1) is 6.54 Å². The summed E-state index contributed by atoms with van der Waals surface area (Å²) in [4.78, 5) is 24.7. The molecule has 1 aromatic carbocycles. The van der Waals surface area contributed by atoms with Crippen LogP contribution in [0.4, 0.5) is 5.82 Å². The predicted octanol–water partition coefficient (Wildman–Crippen LogP) is 2.15. The topological polar surface area (TPSA) is 49.3 Å². The second kappa shape index (κ2) is 5.93. The van der Waals surface area contributed by atoms with E-state index in [9.17, 15) is 4.79 Å². The third-order valence-corrected chi connectivity index (χ3v) is 4.14. The number of rotatable bonds is 2. The summed E-state index contributed by atoms with van der Waals surface area (Å²) in [5.74, 6) is 0.791. The molecule has 2 aromatic rings. The first kappa shape index (κ1) is 14.8. The van der Waals surface area contributed by atoms with Crippen LogP contribution in [-0.4, -0.2) is 40.9 Å². The predicted molar refractivity (Wildman–Crippen MR) is 85.9 cm³/mol. The van der Waals surface area contributed by atoms with Crippen molar-refractivity contribution in [1.82, 2.24) is 14.9 Å². The first-order valence-corrected chi connectivity index (χ1v) is 7.47. The molecular weight excluding hydrogens is 300 g/mol. The second-order valence-corrected chi connectivity index (χ2v) is 5.84. The van der Waals surface area contributed by atoms with E-state index in [2.05, 4.69) is 9.97 Å². The van der Waals surface area contributed by atoms with Crippen LogP contribution >= 0.6 is 11.6 Å². The van der Waals surface area contributed by atoms with E-state index in [0.29, 0.717) is 13.0 Å². The molecule has 0 saturated heterocycles. The average molecular weight is 317 g/mol. The molecule has 114 valence electrons. The minimum absolute atomic E-state index is 0.0699. The van der Waals surface area contributed by atoms with Gasteiger partial charge in [0.25, 0.3) is 0 Å². The van der Waals surface area contributed by atoms with Gasteiger partial charge in [-0.3, -0.25) is 4.79 Å². The Morgan fingerprint density at radius 1 is 1.27 bits per heavy atom. The number of carbonyl (C=O) groups excluding carboxylic acids is 1. The lowest BCUT2D eigenvalue weighted by Crippen LogP contribution is -2.45. The zero-order valence-electron chi connectivity index (χ0n) is 12.5. The van der Waals surface area contributed by atoms with E-state index >= 15 is 0 Å². The molecule has 6 heteroatoms. The molecule has 22 heavy (non-hydrogen) atoms. The summed E-state index contributed by atoms with van der Waals surface area (Å²) >= 11 is 5.93. The number of halogens is 1. The maximum Gasteiger partial charge on any atom is 0.245 e. The highest BCUT2D eigenvalue weighted by atomic mass is 35.5. The smallest absolute Gasteiger partial charge is 0.245 e. The average Bonchev–Trinajstić information content (AvgIpc) is 2.60. The van der Waals surface area contributed by atoms with Gasteiger partial charge in [-0.25, -0.2) is 9.97 Å². The van der Waals surface area contributed by atoms with Crippen LogP contribution in [0, 0.1) is 0 Å². The highest BCUT2D eigenvalue weighted by Crippen LogP contribution is 2.26. The molecule has 0 bridgehead atoms. The van der Waals surface area contributed by atoms with Crippen molar-refractivity contribution in [2.45, 2.75) is 19.0 Å². The van der Waals surface area contributed by atoms with Crippen molar-refractivity contribution >= 4 is 23.3 Å². The molecule has 0 saturated carbocycles. The number of benzene rings is 1. The van der Waals surface area contributed by atoms with Crippen molar-refractivity contribution in [3.8, 4) is 0 Å². The molecule has 1 aliphatic heterocycles. The van der Waals surface area contributed by atoms with Gasteiger partial charge in [0.2, 0.25) is 11.2 Å². The minimum Gasteiger partial charge on any atom is -0.347 e. The fourth-order valence-corrected chi connectivity index (χ4v) is 2.89. The standard InChI is InChI=1S/C16H17ClN4O/c1-20-10-12-9-18-16(17)19-14(12)21(2)13(15(20)22)8-11-6-4-3-5-7-11/h3-7,9,13H,8,10H2,1-2H3. The summed E-state index contributed by atoms with van der Waals surface area (Å²) in [5, 5.41) is 0.195. The molecule has 0 fully saturated rings. The Hall–Kier alpha value is -2.14. The van der Waals surface area contributed by atoms with Crippen molar-refractivity contribution in [2.75, 3.05) is 19.0 Å². The van der Waals surface area contributed by atoms with E-state index in [1.807, 2.05) is 42.3 Å². The molecule has 0 N–H and O–H groups in total. The van der Waals surface area contributed by atoms with Gasteiger partial charge in [0.15, 0.2) is 0 Å². The number of nitrogens with zero attached hydrogens (tertiary/aromatic N) is 4. The highest BCUT2D eigenvalue weighted by Gasteiger charge is 2.32. The van der Waals surface area contributed by atoms with Gasteiger partial charge in [-0.1, -0.05) is 30.3 Å². The van der Waals surface area contributed by atoms with E-state index in [0.717, 1.165) is 16.9 Å². The summed E-state index contributed by atoms with van der Waals surface area (Å²) in [6.07, 6.45) is 2.32. The number of likely N-dealkylation sites (N-methyl/N-ethyl adjacent to an activating group) is 2. The Kier molecular flexibility index (Phi) is 3.98. The highest BCUT2D eigenvalue weighted by molar-refractivity contribution is 6.28. The Morgan fingerprint density at radius 3 is 2.73 bits per heavy atom. The molecule has 3 rings (SSSR count). The summed E-state index contributed by atoms with van der Waals surface area (Å²) < 4.78 is 0. The van der Waals surface area contributed by atoms with E-state index in [1.54, 1.807) is 18.1 Å². The van der Waals surface area contributed by atoms with Crippen LogP contribution in [-0.2, 0) is 17.8 Å². The van der Waals surface area contributed by atoms with Gasteiger partial charge in [-0.05, 0) is 17.2 Å². The molecule has 0 radical (unpaired) electrons. The van der Waals surface area contributed by atoms with E-state index in [1.165, 1.54) is 0 Å². The number of aromatic nitrogens is 2. The monoisotopic (exact) mass is 316 g/mol.